The number of aromatic nitrogens is 1. The van der Waals surface area contributed by atoms with Gasteiger partial charge in [-0.05, 0) is 62.4 Å². The Morgan fingerprint density at radius 3 is 2.67 bits per heavy atom. The largest absolute Gasteiger partial charge is 0.494 e. The lowest BCUT2D eigenvalue weighted by Gasteiger charge is -2.15. The first-order valence-electron chi connectivity index (χ1n) is 7.88. The molecule has 0 aliphatic carbocycles. The van der Waals surface area contributed by atoms with E-state index >= 15 is 0 Å². The monoisotopic (exact) mass is 326 g/mol. The number of carbonyl (C=O) groups is 1. The summed E-state index contributed by atoms with van der Waals surface area (Å²) in [7, 11) is 0. The summed E-state index contributed by atoms with van der Waals surface area (Å²) in [6, 6.07) is 13.2. The molecule has 0 bridgehead atoms. The van der Waals surface area contributed by atoms with Gasteiger partial charge in [0.15, 0.2) is 0 Å². The summed E-state index contributed by atoms with van der Waals surface area (Å²) < 4.78 is 20.5. The van der Waals surface area contributed by atoms with Crippen molar-refractivity contribution in [3.63, 3.8) is 0 Å². The Labute approximate surface area is 139 Å². The second-order valence-corrected chi connectivity index (χ2v) is 5.55. The molecule has 0 radical (unpaired) electrons. The number of ether oxygens (including phenoxy) is 1. The van der Waals surface area contributed by atoms with Gasteiger partial charge in [0.25, 0.3) is 0 Å². The summed E-state index contributed by atoms with van der Waals surface area (Å²) in [5.74, 6) is 0.342. The van der Waals surface area contributed by atoms with Crippen LogP contribution < -0.4 is 10.1 Å². The second-order valence-electron chi connectivity index (χ2n) is 5.55. The Morgan fingerprint density at radius 1 is 1.21 bits per heavy atom. The summed E-state index contributed by atoms with van der Waals surface area (Å²) in [5, 5.41) is 3.66. The minimum Gasteiger partial charge on any atom is -0.494 e. The van der Waals surface area contributed by atoms with E-state index in [4.69, 9.17) is 4.74 Å². The Balaban J connectivity index is 1.76. The van der Waals surface area contributed by atoms with Gasteiger partial charge in [-0.25, -0.2) is 4.39 Å². The normalized spacial score (nSPS) is 12.1. The van der Waals surface area contributed by atoms with Gasteiger partial charge in [0.2, 0.25) is 5.91 Å². The number of nitrogens with one attached hydrogen (secondary N) is 1. The number of hydrogen-bond acceptors (Lipinski definition) is 2. The molecule has 0 aliphatic heterocycles. The molecule has 1 unspecified atom stereocenters. The highest BCUT2D eigenvalue weighted by Crippen LogP contribution is 2.23. The number of nitrogens with zero attached hydrogens (tertiary/aromatic N) is 1. The second kappa shape index (κ2) is 6.74. The molecule has 0 saturated carbocycles. The molecule has 1 heterocycles. The Hall–Kier alpha value is -2.82. The van der Waals surface area contributed by atoms with Crippen LogP contribution in [0.3, 0.4) is 0 Å². The molecule has 5 heteroatoms. The standard InChI is InChI=1S/C19H19FN2O2/c1-3-24-17-7-5-16(6-8-17)21-19(23)13(2)22-11-10-14-12-15(20)4-9-18(14)22/h4-13H,3H2,1-2H3,(H,21,23). The van der Waals surface area contributed by atoms with Crippen LogP contribution in [0.25, 0.3) is 10.9 Å². The average Bonchev–Trinajstić information content (AvgIpc) is 2.99. The first-order chi connectivity index (χ1) is 11.6. The van der Waals surface area contributed by atoms with Crippen LogP contribution in [0.4, 0.5) is 10.1 Å². The summed E-state index contributed by atoms with van der Waals surface area (Å²) in [5.41, 5.74) is 1.53. The Kier molecular flexibility index (Phi) is 4.51. The zero-order valence-corrected chi connectivity index (χ0v) is 13.6. The molecule has 0 aliphatic rings. The van der Waals surface area contributed by atoms with E-state index in [0.29, 0.717) is 12.3 Å². The van der Waals surface area contributed by atoms with E-state index < -0.39 is 6.04 Å². The van der Waals surface area contributed by atoms with Crippen LogP contribution in [0.5, 0.6) is 5.75 Å². The van der Waals surface area contributed by atoms with Crippen LogP contribution in [0.1, 0.15) is 19.9 Å². The summed E-state index contributed by atoms with van der Waals surface area (Å²) in [4.78, 5) is 12.5. The predicted octanol–water partition coefficient (Wildman–Crippen LogP) is 4.38. The number of rotatable bonds is 5. The van der Waals surface area contributed by atoms with Gasteiger partial charge in [0.1, 0.15) is 17.6 Å². The van der Waals surface area contributed by atoms with Crippen LogP contribution >= 0.6 is 0 Å². The molecule has 1 N–H and O–H groups in total. The maximum atomic E-state index is 13.3. The maximum absolute atomic E-state index is 13.3. The highest BCUT2D eigenvalue weighted by molar-refractivity contribution is 5.95. The third-order valence-electron chi connectivity index (χ3n) is 3.91. The van der Waals surface area contributed by atoms with Crippen molar-refractivity contribution >= 4 is 22.5 Å². The average molecular weight is 326 g/mol. The molecule has 3 rings (SSSR count). The van der Waals surface area contributed by atoms with Gasteiger partial charge < -0.3 is 14.6 Å². The van der Waals surface area contributed by atoms with Gasteiger partial charge in [-0.3, -0.25) is 4.79 Å². The summed E-state index contributed by atoms with van der Waals surface area (Å²) in [6.07, 6.45) is 1.80. The molecule has 1 amide bonds. The number of halogens is 1. The van der Waals surface area contributed by atoms with Gasteiger partial charge >= 0.3 is 0 Å². The number of hydrogen-bond donors (Lipinski definition) is 1. The smallest absolute Gasteiger partial charge is 0.247 e. The molecular formula is C19H19FN2O2. The quantitative estimate of drug-likeness (QED) is 0.756. The van der Waals surface area contributed by atoms with Crippen LogP contribution in [-0.4, -0.2) is 17.1 Å². The van der Waals surface area contributed by atoms with Crippen molar-refractivity contribution < 1.29 is 13.9 Å². The lowest BCUT2D eigenvalue weighted by molar-refractivity contribution is -0.118. The number of benzene rings is 2. The maximum Gasteiger partial charge on any atom is 0.247 e. The van der Waals surface area contributed by atoms with E-state index in [1.165, 1.54) is 12.1 Å². The SMILES string of the molecule is CCOc1ccc(NC(=O)C(C)n2ccc3cc(F)ccc32)cc1. The zero-order chi connectivity index (χ0) is 17.1. The van der Waals surface area contributed by atoms with E-state index in [1.807, 2.05) is 30.5 Å². The third kappa shape index (κ3) is 3.25. The lowest BCUT2D eigenvalue weighted by Crippen LogP contribution is -2.23. The summed E-state index contributed by atoms with van der Waals surface area (Å²) in [6.45, 7) is 4.33. The number of fused-ring (bicyclic) bond motifs is 1. The molecule has 3 aromatic rings. The van der Waals surface area contributed by atoms with E-state index in [9.17, 15) is 9.18 Å². The molecule has 1 atom stereocenters. The van der Waals surface area contributed by atoms with E-state index in [-0.39, 0.29) is 11.7 Å². The molecule has 24 heavy (non-hydrogen) atoms. The van der Waals surface area contributed by atoms with Crippen LogP contribution in [-0.2, 0) is 4.79 Å². The number of amides is 1. The Bertz CT molecular complexity index is 855. The molecule has 4 nitrogen and oxygen atoms in total. The fraction of sp³-hybridized carbons (Fsp3) is 0.211. The molecule has 0 saturated heterocycles. The van der Waals surface area contributed by atoms with Crippen LogP contribution in [0.15, 0.2) is 54.7 Å². The van der Waals surface area contributed by atoms with E-state index in [2.05, 4.69) is 5.32 Å². The van der Waals surface area contributed by atoms with Gasteiger partial charge in [0.05, 0.1) is 6.61 Å². The summed E-state index contributed by atoms with van der Waals surface area (Å²) >= 11 is 0. The topological polar surface area (TPSA) is 43.3 Å². The van der Waals surface area contributed by atoms with Gasteiger partial charge in [-0.15, -0.1) is 0 Å². The fourth-order valence-electron chi connectivity index (χ4n) is 2.65. The van der Waals surface area contributed by atoms with Crippen molar-refractivity contribution in [3.05, 3.63) is 60.5 Å². The molecule has 0 spiro atoms. The van der Waals surface area contributed by atoms with E-state index in [0.717, 1.165) is 16.7 Å². The predicted molar refractivity (Wildman–Crippen MR) is 92.8 cm³/mol. The highest BCUT2D eigenvalue weighted by atomic mass is 19.1. The van der Waals surface area contributed by atoms with Crippen LogP contribution in [0, 0.1) is 5.82 Å². The van der Waals surface area contributed by atoms with E-state index in [1.54, 1.807) is 30.5 Å². The van der Waals surface area contributed by atoms with Crippen molar-refractivity contribution in [1.82, 2.24) is 4.57 Å². The first-order valence-corrected chi connectivity index (χ1v) is 7.88. The molecule has 2 aromatic carbocycles. The zero-order valence-electron chi connectivity index (χ0n) is 13.6. The molecular weight excluding hydrogens is 307 g/mol. The lowest BCUT2D eigenvalue weighted by atomic mass is 10.2. The molecule has 1 aromatic heterocycles. The van der Waals surface area contributed by atoms with Crippen LogP contribution in [0.2, 0.25) is 0 Å². The third-order valence-corrected chi connectivity index (χ3v) is 3.91. The molecule has 0 fully saturated rings. The first kappa shape index (κ1) is 16.1. The van der Waals surface area contributed by atoms with Crippen molar-refractivity contribution in [2.24, 2.45) is 0 Å². The van der Waals surface area contributed by atoms with Crippen molar-refractivity contribution in [1.29, 1.82) is 0 Å². The van der Waals surface area contributed by atoms with Gasteiger partial charge in [0, 0.05) is 22.8 Å². The minimum absolute atomic E-state index is 0.138. The fourth-order valence-corrected chi connectivity index (χ4v) is 2.65. The van der Waals surface area contributed by atoms with Crippen molar-refractivity contribution in [2.75, 3.05) is 11.9 Å². The number of carbonyl (C=O) groups excluding carboxylic acids is 1. The Morgan fingerprint density at radius 2 is 1.96 bits per heavy atom. The van der Waals surface area contributed by atoms with Gasteiger partial charge in [-0.1, -0.05) is 0 Å². The van der Waals surface area contributed by atoms with Crippen molar-refractivity contribution in [2.45, 2.75) is 19.9 Å². The highest BCUT2D eigenvalue weighted by Gasteiger charge is 2.17. The van der Waals surface area contributed by atoms with Gasteiger partial charge in [-0.2, -0.15) is 0 Å². The van der Waals surface area contributed by atoms with Crippen molar-refractivity contribution in [3.8, 4) is 5.75 Å². The number of anilines is 1. The molecule has 124 valence electrons. The minimum atomic E-state index is -0.417.